The predicted octanol–water partition coefficient (Wildman–Crippen LogP) is 2.67. The number of aliphatic hydroxyl groups is 1. The summed E-state index contributed by atoms with van der Waals surface area (Å²) in [6, 6.07) is 14.1. The van der Waals surface area contributed by atoms with Crippen molar-refractivity contribution in [1.82, 2.24) is 0 Å². The highest BCUT2D eigenvalue weighted by Crippen LogP contribution is 2.31. The summed E-state index contributed by atoms with van der Waals surface area (Å²) in [6.45, 7) is 1.64. The molecule has 0 spiro atoms. The number of fused-ring (bicyclic) bond motifs is 1. The first kappa shape index (κ1) is 12.0. The third-order valence-electron chi connectivity index (χ3n) is 3.76. The maximum Gasteiger partial charge on any atom is 0.0998 e. The lowest BCUT2D eigenvalue weighted by molar-refractivity contribution is 0.154. The molecule has 1 saturated heterocycles. The zero-order valence-electron chi connectivity index (χ0n) is 10.7. The van der Waals surface area contributed by atoms with Crippen molar-refractivity contribution in [2.24, 2.45) is 0 Å². The van der Waals surface area contributed by atoms with Crippen molar-refractivity contribution in [3.8, 4) is 6.07 Å². The van der Waals surface area contributed by atoms with Crippen LogP contribution in [0.4, 0.5) is 5.69 Å². The zero-order chi connectivity index (χ0) is 13.2. The van der Waals surface area contributed by atoms with E-state index in [4.69, 9.17) is 0 Å². The van der Waals surface area contributed by atoms with E-state index in [1.807, 2.05) is 36.4 Å². The lowest BCUT2D eigenvalue weighted by atomic mass is 10.0. The number of hydrogen-bond acceptors (Lipinski definition) is 3. The monoisotopic (exact) mass is 252 g/mol. The number of β-amino-alcohol motifs (C(OH)–C–C–N with tert-alkyl or cyclic N) is 1. The third-order valence-corrected chi connectivity index (χ3v) is 3.76. The van der Waals surface area contributed by atoms with E-state index in [1.54, 1.807) is 0 Å². The second-order valence-corrected chi connectivity index (χ2v) is 5.03. The van der Waals surface area contributed by atoms with Crippen LogP contribution in [0.2, 0.25) is 0 Å². The summed E-state index contributed by atoms with van der Waals surface area (Å²) >= 11 is 0. The molecule has 1 aliphatic heterocycles. The number of benzene rings is 2. The summed E-state index contributed by atoms with van der Waals surface area (Å²) in [4.78, 5) is 2.22. The number of piperidine rings is 1. The van der Waals surface area contributed by atoms with Crippen LogP contribution in [-0.2, 0) is 0 Å². The molecule has 3 rings (SSSR count). The van der Waals surface area contributed by atoms with Gasteiger partial charge in [0, 0.05) is 29.5 Å². The molecule has 0 radical (unpaired) electrons. The van der Waals surface area contributed by atoms with E-state index in [-0.39, 0.29) is 6.10 Å². The van der Waals surface area contributed by atoms with E-state index < -0.39 is 0 Å². The van der Waals surface area contributed by atoms with Crippen molar-refractivity contribution in [3.63, 3.8) is 0 Å². The Balaban J connectivity index is 2.12. The third kappa shape index (κ3) is 2.16. The van der Waals surface area contributed by atoms with E-state index >= 15 is 0 Å². The lowest BCUT2D eigenvalue weighted by Crippen LogP contribution is -2.38. The van der Waals surface area contributed by atoms with Crippen LogP contribution in [-0.4, -0.2) is 24.3 Å². The maximum absolute atomic E-state index is 9.82. The average molecular weight is 252 g/mol. The minimum absolute atomic E-state index is 0.247. The number of nitriles is 1. The average Bonchev–Trinajstić information content (AvgIpc) is 2.46. The molecule has 3 heteroatoms. The molecule has 0 saturated carbocycles. The van der Waals surface area contributed by atoms with Gasteiger partial charge in [-0.25, -0.2) is 0 Å². The second kappa shape index (κ2) is 4.91. The number of rotatable bonds is 1. The van der Waals surface area contributed by atoms with E-state index in [1.165, 1.54) is 0 Å². The van der Waals surface area contributed by atoms with Crippen molar-refractivity contribution in [1.29, 1.82) is 5.26 Å². The molecule has 1 heterocycles. The van der Waals surface area contributed by atoms with Crippen LogP contribution >= 0.6 is 0 Å². The van der Waals surface area contributed by atoms with Crippen LogP contribution < -0.4 is 4.90 Å². The van der Waals surface area contributed by atoms with Crippen LogP contribution in [0.1, 0.15) is 18.4 Å². The molecular formula is C16H16N2O. The summed E-state index contributed by atoms with van der Waals surface area (Å²) < 4.78 is 0. The van der Waals surface area contributed by atoms with Gasteiger partial charge in [-0.15, -0.1) is 0 Å². The molecule has 1 N–H and O–H groups in total. The highest BCUT2D eigenvalue weighted by Gasteiger charge is 2.19. The highest BCUT2D eigenvalue weighted by molar-refractivity contribution is 5.97. The maximum atomic E-state index is 9.82. The largest absolute Gasteiger partial charge is 0.391 e. The van der Waals surface area contributed by atoms with Gasteiger partial charge in [-0.1, -0.05) is 24.3 Å². The van der Waals surface area contributed by atoms with E-state index in [9.17, 15) is 10.4 Å². The van der Waals surface area contributed by atoms with Crippen molar-refractivity contribution in [3.05, 3.63) is 42.0 Å². The summed E-state index contributed by atoms with van der Waals surface area (Å²) in [7, 11) is 0. The summed E-state index contributed by atoms with van der Waals surface area (Å²) in [5.41, 5.74) is 1.82. The Hall–Kier alpha value is -2.05. The number of hydrogen-bond donors (Lipinski definition) is 1. The van der Waals surface area contributed by atoms with Crippen LogP contribution in [0.3, 0.4) is 0 Å². The summed E-state index contributed by atoms with van der Waals surface area (Å²) in [5, 5.41) is 21.1. The minimum atomic E-state index is -0.247. The smallest absolute Gasteiger partial charge is 0.0998 e. The molecule has 0 amide bonds. The van der Waals surface area contributed by atoms with Crippen molar-refractivity contribution in [2.75, 3.05) is 18.0 Å². The Bertz CT molecular complexity index is 645. The van der Waals surface area contributed by atoms with Gasteiger partial charge in [0.25, 0.3) is 0 Å². The van der Waals surface area contributed by atoms with Crippen LogP contribution in [0.15, 0.2) is 36.4 Å². The molecule has 2 aromatic carbocycles. The van der Waals surface area contributed by atoms with Crippen LogP contribution in [0.25, 0.3) is 10.8 Å². The van der Waals surface area contributed by atoms with Gasteiger partial charge >= 0.3 is 0 Å². The molecular weight excluding hydrogens is 236 g/mol. The minimum Gasteiger partial charge on any atom is -0.391 e. The van der Waals surface area contributed by atoms with Gasteiger partial charge in [-0.3, -0.25) is 0 Å². The Labute approximate surface area is 112 Å². The predicted molar refractivity (Wildman–Crippen MR) is 76.1 cm³/mol. The Kier molecular flexibility index (Phi) is 3.10. The number of aliphatic hydroxyl groups excluding tert-OH is 1. The van der Waals surface area contributed by atoms with Gasteiger partial charge in [0.1, 0.15) is 0 Å². The van der Waals surface area contributed by atoms with Gasteiger partial charge in [0.15, 0.2) is 0 Å². The molecule has 1 fully saturated rings. The standard InChI is InChI=1S/C16H16N2O/c17-10-12-7-8-16(15-6-2-1-5-14(12)15)18-9-3-4-13(19)11-18/h1-2,5-8,13,19H,3-4,9,11H2. The fourth-order valence-corrected chi connectivity index (χ4v) is 2.83. The molecule has 0 aliphatic carbocycles. The first-order chi connectivity index (χ1) is 9.29. The summed E-state index contributed by atoms with van der Waals surface area (Å²) in [5.74, 6) is 0. The van der Waals surface area contributed by atoms with Crippen LogP contribution in [0.5, 0.6) is 0 Å². The lowest BCUT2D eigenvalue weighted by Gasteiger charge is -2.32. The van der Waals surface area contributed by atoms with Gasteiger partial charge in [-0.2, -0.15) is 5.26 Å². The van der Waals surface area contributed by atoms with Gasteiger partial charge in [-0.05, 0) is 25.0 Å². The van der Waals surface area contributed by atoms with E-state index in [2.05, 4.69) is 11.0 Å². The molecule has 2 aromatic rings. The highest BCUT2D eigenvalue weighted by atomic mass is 16.3. The normalized spacial score (nSPS) is 19.4. The molecule has 3 nitrogen and oxygen atoms in total. The van der Waals surface area contributed by atoms with Gasteiger partial charge in [0.05, 0.1) is 17.7 Å². The van der Waals surface area contributed by atoms with E-state index in [0.717, 1.165) is 35.8 Å². The topological polar surface area (TPSA) is 47.3 Å². The zero-order valence-corrected chi connectivity index (χ0v) is 10.7. The quantitative estimate of drug-likeness (QED) is 0.848. The molecule has 19 heavy (non-hydrogen) atoms. The van der Waals surface area contributed by atoms with Crippen LogP contribution in [0, 0.1) is 11.3 Å². The van der Waals surface area contributed by atoms with Gasteiger partial charge in [0.2, 0.25) is 0 Å². The second-order valence-electron chi connectivity index (χ2n) is 5.03. The fourth-order valence-electron chi connectivity index (χ4n) is 2.83. The van der Waals surface area contributed by atoms with E-state index in [0.29, 0.717) is 12.1 Å². The first-order valence-corrected chi connectivity index (χ1v) is 6.64. The molecule has 96 valence electrons. The SMILES string of the molecule is N#Cc1ccc(N2CCCC(O)C2)c2ccccc12. The number of nitrogens with zero attached hydrogens (tertiary/aromatic N) is 2. The molecule has 0 aromatic heterocycles. The Morgan fingerprint density at radius 1 is 1.16 bits per heavy atom. The molecule has 1 atom stereocenters. The molecule has 1 aliphatic rings. The van der Waals surface area contributed by atoms with Gasteiger partial charge < -0.3 is 10.0 Å². The van der Waals surface area contributed by atoms with Crippen molar-refractivity contribution >= 4 is 16.5 Å². The Morgan fingerprint density at radius 2 is 1.95 bits per heavy atom. The molecule has 0 bridgehead atoms. The number of anilines is 1. The molecule has 1 unspecified atom stereocenters. The first-order valence-electron chi connectivity index (χ1n) is 6.64. The van der Waals surface area contributed by atoms with Crippen molar-refractivity contribution in [2.45, 2.75) is 18.9 Å². The summed E-state index contributed by atoms with van der Waals surface area (Å²) in [6.07, 6.45) is 1.64. The fraction of sp³-hybridized carbons (Fsp3) is 0.312. The van der Waals surface area contributed by atoms with Crippen molar-refractivity contribution < 1.29 is 5.11 Å². The Morgan fingerprint density at radius 3 is 2.68 bits per heavy atom.